The van der Waals surface area contributed by atoms with Crippen molar-refractivity contribution in [3.05, 3.63) is 11.3 Å². The maximum atomic E-state index is 11.7. The Bertz CT molecular complexity index is 871. The molecule has 5 nitrogen and oxygen atoms in total. The minimum absolute atomic E-state index is 0.0196. The number of hydrogen-bond donors (Lipinski definition) is 1. The first kappa shape index (κ1) is 19.6. The quantitative estimate of drug-likeness (QED) is 0.526. The lowest BCUT2D eigenvalue weighted by molar-refractivity contribution is -0.144. The molecule has 5 rings (SSSR count). The smallest absolute Gasteiger partial charge is 0.307 e. The van der Waals surface area contributed by atoms with Gasteiger partial charge in [0, 0.05) is 12.3 Å². The highest BCUT2D eigenvalue weighted by Crippen LogP contribution is 2.77. The predicted octanol–water partition coefficient (Wildman–Crippen LogP) is 4.25. The largest absolute Gasteiger partial charge is 0.427 e. The Labute approximate surface area is 173 Å². The van der Waals surface area contributed by atoms with Crippen LogP contribution in [0.1, 0.15) is 79.6 Å². The maximum absolute atomic E-state index is 11.7. The molecule has 5 heteroatoms. The zero-order chi connectivity index (χ0) is 21.0. The summed E-state index contributed by atoms with van der Waals surface area (Å²) < 4.78 is 12.0. The number of esters is 1. The molecule has 5 aliphatic rings. The third kappa shape index (κ3) is 2.05. The van der Waals surface area contributed by atoms with Crippen LogP contribution in [-0.2, 0) is 14.3 Å². The molecule has 0 aromatic heterocycles. The Hall–Kier alpha value is -1.38. The molecule has 29 heavy (non-hydrogen) atoms. The molecule has 0 radical (unpaired) electrons. The number of fused-ring (bicyclic) bond motifs is 4. The SMILES string of the molecule is CC(=O)OC1=C(C#N)C[C@]2(C)[C@H]3CC[C@@]4(C)[C@@H](CC[C@]4(C)O)[C@@H]3CC[C@]23O[C@]13C. The summed E-state index contributed by atoms with van der Waals surface area (Å²) in [6.45, 7) is 10.0. The van der Waals surface area contributed by atoms with Crippen LogP contribution in [0.2, 0.25) is 0 Å². The predicted molar refractivity (Wildman–Crippen MR) is 106 cm³/mol. The number of rotatable bonds is 1. The first-order chi connectivity index (χ1) is 13.5. The van der Waals surface area contributed by atoms with Crippen LogP contribution < -0.4 is 0 Å². The number of hydrogen-bond acceptors (Lipinski definition) is 5. The first-order valence-electron chi connectivity index (χ1n) is 11.2. The number of epoxide rings is 1. The van der Waals surface area contributed by atoms with Crippen LogP contribution in [-0.4, -0.2) is 27.9 Å². The number of carbonyl (C=O) groups excluding carboxylic acids is 1. The number of nitrogens with zero attached hydrogens (tertiary/aromatic N) is 1. The molecule has 1 saturated heterocycles. The Morgan fingerprint density at radius 1 is 1.10 bits per heavy atom. The van der Waals surface area contributed by atoms with Gasteiger partial charge >= 0.3 is 5.97 Å². The monoisotopic (exact) mass is 399 g/mol. The standard InChI is InChI=1S/C24H33NO4/c1-14(26)28-19-15(13-25)12-21(3)18-7-9-20(2)17(8-10-22(20,4)27)16(18)6-11-24(21)23(19,5)29-24/h16-18,27H,6-12H2,1-5H3/t16-,17-,18-,20-,21+,22-,23+,24-/m0/s1. The number of allylic oxidation sites excluding steroid dienone is 1. The molecule has 0 aromatic carbocycles. The van der Waals surface area contributed by atoms with E-state index in [1.54, 1.807) is 0 Å². The van der Waals surface area contributed by atoms with Crippen LogP contribution in [0, 0.1) is 39.9 Å². The van der Waals surface area contributed by atoms with Crippen molar-refractivity contribution < 1.29 is 19.4 Å². The van der Waals surface area contributed by atoms with Gasteiger partial charge in [-0.05, 0) is 82.0 Å². The summed E-state index contributed by atoms with van der Waals surface area (Å²) in [5.74, 6) is 1.61. The Balaban J connectivity index is 1.56. The molecule has 158 valence electrons. The molecule has 0 aromatic rings. The second kappa shape index (κ2) is 5.45. The van der Waals surface area contributed by atoms with E-state index in [1.165, 1.54) is 6.92 Å². The van der Waals surface area contributed by atoms with E-state index in [4.69, 9.17) is 9.47 Å². The lowest BCUT2D eigenvalue weighted by atomic mass is 9.43. The van der Waals surface area contributed by atoms with Crippen molar-refractivity contribution in [3.8, 4) is 6.07 Å². The average Bonchev–Trinajstić information content (AvgIpc) is 3.19. The molecule has 4 fully saturated rings. The molecule has 8 atom stereocenters. The van der Waals surface area contributed by atoms with Crippen LogP contribution >= 0.6 is 0 Å². The highest BCUT2D eigenvalue weighted by atomic mass is 16.7. The van der Waals surface area contributed by atoms with Crippen LogP contribution in [0.25, 0.3) is 0 Å². The van der Waals surface area contributed by atoms with Crippen molar-refractivity contribution in [2.75, 3.05) is 0 Å². The molecule has 1 heterocycles. The zero-order valence-electron chi connectivity index (χ0n) is 18.3. The summed E-state index contributed by atoms with van der Waals surface area (Å²) in [5, 5.41) is 21.0. The summed E-state index contributed by atoms with van der Waals surface area (Å²) in [7, 11) is 0. The number of nitriles is 1. The fourth-order valence-electron chi connectivity index (χ4n) is 8.59. The number of aliphatic hydroxyl groups is 1. The number of carbonyl (C=O) groups is 1. The third-order valence-electron chi connectivity index (χ3n) is 10.3. The van der Waals surface area contributed by atoms with Crippen molar-refractivity contribution in [2.24, 2.45) is 28.6 Å². The highest BCUT2D eigenvalue weighted by Gasteiger charge is 2.83. The molecular formula is C24H33NO4. The lowest BCUT2D eigenvalue weighted by Crippen LogP contribution is -2.60. The van der Waals surface area contributed by atoms with Gasteiger partial charge in [0.1, 0.15) is 5.60 Å². The molecule has 1 aliphatic heterocycles. The lowest BCUT2D eigenvalue weighted by Gasteiger charge is -2.60. The second-order valence-electron chi connectivity index (χ2n) is 11.3. The normalized spacial score (nSPS) is 55.1. The van der Waals surface area contributed by atoms with Crippen molar-refractivity contribution in [2.45, 2.75) is 96.4 Å². The van der Waals surface area contributed by atoms with E-state index in [0.29, 0.717) is 35.5 Å². The minimum atomic E-state index is -0.677. The van der Waals surface area contributed by atoms with Gasteiger partial charge in [0.05, 0.1) is 17.2 Å². The topological polar surface area (TPSA) is 82.9 Å². The molecular weight excluding hydrogens is 366 g/mol. The van der Waals surface area contributed by atoms with Crippen molar-refractivity contribution in [1.29, 1.82) is 5.26 Å². The Morgan fingerprint density at radius 2 is 1.76 bits per heavy atom. The zero-order valence-corrected chi connectivity index (χ0v) is 18.3. The van der Waals surface area contributed by atoms with Crippen LogP contribution in [0.5, 0.6) is 0 Å². The van der Waals surface area contributed by atoms with Crippen LogP contribution in [0.3, 0.4) is 0 Å². The van der Waals surface area contributed by atoms with Gasteiger partial charge in [-0.1, -0.05) is 13.8 Å². The molecule has 1 N–H and O–H groups in total. The van der Waals surface area contributed by atoms with Crippen molar-refractivity contribution in [3.63, 3.8) is 0 Å². The summed E-state index contributed by atoms with van der Waals surface area (Å²) in [6.07, 6.45) is 6.69. The summed E-state index contributed by atoms with van der Waals surface area (Å²) in [5.41, 5.74) is -1.20. The highest BCUT2D eigenvalue weighted by molar-refractivity contribution is 5.69. The van der Waals surface area contributed by atoms with Crippen molar-refractivity contribution >= 4 is 5.97 Å². The molecule has 0 amide bonds. The fourth-order valence-corrected chi connectivity index (χ4v) is 8.59. The summed E-state index contributed by atoms with van der Waals surface area (Å²) in [6, 6.07) is 2.34. The molecule has 1 spiro atoms. The molecule has 0 bridgehead atoms. The molecule has 4 aliphatic carbocycles. The second-order valence-corrected chi connectivity index (χ2v) is 11.3. The minimum Gasteiger partial charge on any atom is -0.427 e. The van der Waals surface area contributed by atoms with Gasteiger partial charge < -0.3 is 14.6 Å². The van der Waals surface area contributed by atoms with E-state index in [9.17, 15) is 15.2 Å². The van der Waals surface area contributed by atoms with Gasteiger partial charge in [-0.3, -0.25) is 4.79 Å². The Morgan fingerprint density at radius 3 is 2.41 bits per heavy atom. The fraction of sp³-hybridized carbons (Fsp3) is 0.833. The first-order valence-corrected chi connectivity index (χ1v) is 11.2. The van der Waals surface area contributed by atoms with Gasteiger partial charge in [-0.15, -0.1) is 0 Å². The van der Waals surface area contributed by atoms with Gasteiger partial charge in [-0.25, -0.2) is 0 Å². The Kier molecular flexibility index (Phi) is 3.68. The van der Waals surface area contributed by atoms with Crippen LogP contribution in [0.15, 0.2) is 11.3 Å². The maximum Gasteiger partial charge on any atom is 0.307 e. The van der Waals surface area contributed by atoms with E-state index < -0.39 is 17.2 Å². The van der Waals surface area contributed by atoms with Gasteiger partial charge in [0.15, 0.2) is 11.4 Å². The van der Waals surface area contributed by atoms with E-state index in [-0.39, 0.29) is 16.4 Å². The molecule has 3 saturated carbocycles. The van der Waals surface area contributed by atoms with E-state index >= 15 is 0 Å². The van der Waals surface area contributed by atoms with Gasteiger partial charge in [0.25, 0.3) is 0 Å². The molecule has 0 unspecified atom stereocenters. The number of ether oxygens (including phenoxy) is 2. The van der Waals surface area contributed by atoms with E-state index in [1.807, 2.05) is 13.8 Å². The van der Waals surface area contributed by atoms with Gasteiger partial charge in [0.2, 0.25) is 0 Å². The summed E-state index contributed by atoms with van der Waals surface area (Å²) >= 11 is 0. The van der Waals surface area contributed by atoms with Crippen molar-refractivity contribution in [1.82, 2.24) is 0 Å². The van der Waals surface area contributed by atoms with E-state index in [2.05, 4.69) is 19.9 Å². The summed E-state index contributed by atoms with van der Waals surface area (Å²) in [4.78, 5) is 11.7. The average molecular weight is 400 g/mol. The third-order valence-corrected chi connectivity index (χ3v) is 10.3. The van der Waals surface area contributed by atoms with Gasteiger partial charge in [-0.2, -0.15) is 5.26 Å². The van der Waals surface area contributed by atoms with Crippen LogP contribution in [0.4, 0.5) is 0 Å². The van der Waals surface area contributed by atoms with E-state index in [0.717, 1.165) is 38.5 Å².